The Morgan fingerprint density at radius 1 is 1.41 bits per heavy atom. The zero-order chi connectivity index (χ0) is 12.3. The Morgan fingerprint density at radius 2 is 2.24 bits per heavy atom. The lowest BCUT2D eigenvalue weighted by atomic mass is 10.3. The summed E-state index contributed by atoms with van der Waals surface area (Å²) in [7, 11) is 1.92. The van der Waals surface area contributed by atoms with Gasteiger partial charge >= 0.3 is 5.97 Å². The summed E-state index contributed by atoms with van der Waals surface area (Å²) < 4.78 is 0. The summed E-state index contributed by atoms with van der Waals surface area (Å²) in [5.41, 5.74) is 0.959. The number of hydrogen-bond acceptors (Lipinski definition) is 4. The molecule has 2 aromatic rings. The van der Waals surface area contributed by atoms with Gasteiger partial charge in [-0.25, -0.2) is 4.79 Å². The highest BCUT2D eigenvalue weighted by molar-refractivity contribution is 7.17. The molecule has 0 fully saturated rings. The quantitative estimate of drug-likeness (QED) is 0.903. The second-order valence-electron chi connectivity index (χ2n) is 3.62. The Morgan fingerprint density at radius 3 is 2.82 bits per heavy atom. The zero-order valence-electron chi connectivity index (χ0n) is 9.33. The van der Waals surface area contributed by atoms with Crippen molar-refractivity contribution in [2.24, 2.45) is 0 Å². The van der Waals surface area contributed by atoms with Gasteiger partial charge < -0.3 is 10.0 Å². The van der Waals surface area contributed by atoms with E-state index in [1.165, 1.54) is 11.3 Å². The number of aromatic nitrogens is 1. The second kappa shape index (κ2) is 4.97. The van der Waals surface area contributed by atoms with Crippen molar-refractivity contribution in [3.8, 4) is 0 Å². The third-order valence-electron chi connectivity index (χ3n) is 2.30. The molecular formula is C12H12N2O2S. The van der Waals surface area contributed by atoms with Gasteiger partial charge in [-0.1, -0.05) is 6.07 Å². The third kappa shape index (κ3) is 2.82. The molecule has 0 saturated heterocycles. The molecule has 0 saturated carbocycles. The summed E-state index contributed by atoms with van der Waals surface area (Å²) >= 11 is 1.27. The highest BCUT2D eigenvalue weighted by Gasteiger charge is 2.10. The maximum absolute atomic E-state index is 10.8. The summed E-state index contributed by atoms with van der Waals surface area (Å²) in [6.45, 7) is 0.667. The average molecular weight is 248 g/mol. The van der Waals surface area contributed by atoms with Gasteiger partial charge in [0.2, 0.25) is 0 Å². The highest BCUT2D eigenvalue weighted by Crippen LogP contribution is 2.25. The number of thiophene rings is 1. The van der Waals surface area contributed by atoms with E-state index < -0.39 is 5.97 Å². The fraction of sp³-hybridized carbons (Fsp3) is 0.167. The molecule has 1 N–H and O–H groups in total. The van der Waals surface area contributed by atoms with Crippen LogP contribution < -0.4 is 4.90 Å². The van der Waals surface area contributed by atoms with Crippen LogP contribution in [0.1, 0.15) is 15.4 Å². The number of anilines is 1. The SMILES string of the molecule is CN(Cc1ccccn1)c1ccc(C(=O)O)s1. The molecule has 17 heavy (non-hydrogen) atoms. The number of hydrogen-bond donors (Lipinski definition) is 1. The summed E-state index contributed by atoms with van der Waals surface area (Å²) in [6, 6.07) is 9.20. The van der Waals surface area contributed by atoms with Crippen LogP contribution in [0.4, 0.5) is 5.00 Å². The molecular weight excluding hydrogens is 236 g/mol. The maximum Gasteiger partial charge on any atom is 0.345 e. The molecule has 0 aliphatic carbocycles. The van der Waals surface area contributed by atoms with Crippen LogP contribution in [0.5, 0.6) is 0 Å². The number of pyridine rings is 1. The van der Waals surface area contributed by atoms with E-state index in [2.05, 4.69) is 4.98 Å². The van der Waals surface area contributed by atoms with Crippen molar-refractivity contribution in [3.63, 3.8) is 0 Å². The van der Waals surface area contributed by atoms with Crippen LogP contribution >= 0.6 is 11.3 Å². The standard InChI is InChI=1S/C12H12N2O2S/c1-14(8-9-4-2-3-7-13-9)11-6-5-10(17-11)12(15)16/h2-7H,8H2,1H3,(H,15,16). The van der Waals surface area contributed by atoms with E-state index in [1.807, 2.05) is 36.2 Å². The predicted octanol–water partition coefficient (Wildman–Crippen LogP) is 2.48. The van der Waals surface area contributed by atoms with Gasteiger partial charge in [-0.3, -0.25) is 4.98 Å². The first-order valence-corrected chi connectivity index (χ1v) is 5.92. The lowest BCUT2D eigenvalue weighted by Crippen LogP contribution is -2.15. The van der Waals surface area contributed by atoms with E-state index in [4.69, 9.17) is 5.11 Å². The molecule has 0 atom stereocenters. The van der Waals surface area contributed by atoms with E-state index in [1.54, 1.807) is 12.3 Å². The van der Waals surface area contributed by atoms with E-state index in [0.717, 1.165) is 10.7 Å². The van der Waals surface area contributed by atoms with Crippen LogP contribution in [0, 0.1) is 0 Å². The molecule has 0 spiro atoms. The number of rotatable bonds is 4. The van der Waals surface area contributed by atoms with E-state index in [0.29, 0.717) is 11.4 Å². The Balaban J connectivity index is 2.09. The molecule has 2 aromatic heterocycles. The van der Waals surface area contributed by atoms with E-state index >= 15 is 0 Å². The van der Waals surface area contributed by atoms with Crippen molar-refractivity contribution in [3.05, 3.63) is 47.1 Å². The van der Waals surface area contributed by atoms with Crippen molar-refractivity contribution in [1.29, 1.82) is 0 Å². The van der Waals surface area contributed by atoms with Crippen molar-refractivity contribution < 1.29 is 9.90 Å². The Hall–Kier alpha value is -1.88. The highest BCUT2D eigenvalue weighted by atomic mass is 32.1. The molecule has 0 unspecified atom stereocenters. The molecule has 88 valence electrons. The molecule has 5 heteroatoms. The van der Waals surface area contributed by atoms with E-state index in [-0.39, 0.29) is 0 Å². The third-order valence-corrected chi connectivity index (χ3v) is 3.49. The fourth-order valence-electron chi connectivity index (χ4n) is 1.46. The van der Waals surface area contributed by atoms with Crippen LogP contribution in [0.2, 0.25) is 0 Å². The maximum atomic E-state index is 10.8. The summed E-state index contributed by atoms with van der Waals surface area (Å²) in [6.07, 6.45) is 1.75. The molecule has 0 aliphatic heterocycles. The number of aromatic carboxylic acids is 1. The van der Waals surface area contributed by atoms with Crippen molar-refractivity contribution in [2.75, 3.05) is 11.9 Å². The minimum Gasteiger partial charge on any atom is -0.477 e. The first kappa shape index (κ1) is 11.6. The summed E-state index contributed by atoms with van der Waals surface area (Å²) in [5.74, 6) is -0.882. The smallest absolute Gasteiger partial charge is 0.345 e. The Labute approximate surface area is 103 Å². The predicted molar refractivity (Wildman–Crippen MR) is 67.6 cm³/mol. The van der Waals surface area contributed by atoms with Gasteiger partial charge in [0.25, 0.3) is 0 Å². The van der Waals surface area contributed by atoms with Crippen LogP contribution in [0.3, 0.4) is 0 Å². The first-order chi connectivity index (χ1) is 8.16. The van der Waals surface area contributed by atoms with Gasteiger partial charge in [0.15, 0.2) is 0 Å². The Bertz CT molecular complexity index is 510. The molecule has 4 nitrogen and oxygen atoms in total. The second-order valence-corrected chi connectivity index (χ2v) is 4.68. The lowest BCUT2D eigenvalue weighted by Gasteiger charge is -2.15. The molecule has 0 aliphatic rings. The minimum absolute atomic E-state index is 0.355. The van der Waals surface area contributed by atoms with Gasteiger partial charge in [-0.2, -0.15) is 0 Å². The zero-order valence-corrected chi connectivity index (χ0v) is 10.1. The Kier molecular flexibility index (Phi) is 3.39. The number of carboxylic acid groups (broad SMARTS) is 1. The van der Waals surface area contributed by atoms with Gasteiger partial charge in [0, 0.05) is 13.2 Å². The number of carboxylic acids is 1. The monoisotopic (exact) mass is 248 g/mol. The molecule has 2 rings (SSSR count). The molecule has 0 aromatic carbocycles. The fourth-order valence-corrected chi connectivity index (χ4v) is 2.27. The number of nitrogens with zero attached hydrogens (tertiary/aromatic N) is 2. The average Bonchev–Trinajstić information content (AvgIpc) is 2.79. The van der Waals surface area contributed by atoms with Crippen LogP contribution in [0.25, 0.3) is 0 Å². The van der Waals surface area contributed by atoms with Gasteiger partial charge in [-0.15, -0.1) is 11.3 Å². The van der Waals surface area contributed by atoms with E-state index in [9.17, 15) is 4.79 Å². The molecule has 0 amide bonds. The van der Waals surface area contributed by atoms with Crippen LogP contribution in [0.15, 0.2) is 36.5 Å². The topological polar surface area (TPSA) is 53.4 Å². The first-order valence-electron chi connectivity index (χ1n) is 5.11. The van der Waals surface area contributed by atoms with Gasteiger partial charge in [0.05, 0.1) is 17.2 Å². The minimum atomic E-state index is -0.882. The molecule has 0 radical (unpaired) electrons. The van der Waals surface area contributed by atoms with Crippen LogP contribution in [-0.4, -0.2) is 23.1 Å². The van der Waals surface area contributed by atoms with Gasteiger partial charge in [-0.05, 0) is 24.3 Å². The summed E-state index contributed by atoms with van der Waals surface area (Å²) in [5, 5.41) is 9.77. The largest absolute Gasteiger partial charge is 0.477 e. The van der Waals surface area contributed by atoms with Crippen LogP contribution in [-0.2, 0) is 6.54 Å². The van der Waals surface area contributed by atoms with Gasteiger partial charge in [0.1, 0.15) is 4.88 Å². The molecule has 0 bridgehead atoms. The normalized spacial score (nSPS) is 10.2. The number of carbonyl (C=O) groups is 1. The lowest BCUT2D eigenvalue weighted by molar-refractivity contribution is 0.0702. The summed E-state index contributed by atoms with van der Waals surface area (Å²) in [4.78, 5) is 17.3. The van der Waals surface area contributed by atoms with Crippen molar-refractivity contribution in [1.82, 2.24) is 4.98 Å². The molecule has 2 heterocycles. The van der Waals surface area contributed by atoms with Crippen molar-refractivity contribution in [2.45, 2.75) is 6.54 Å². The van der Waals surface area contributed by atoms with Crippen molar-refractivity contribution >= 4 is 22.3 Å².